The van der Waals surface area contributed by atoms with Gasteiger partial charge in [0, 0.05) is 24.6 Å². The highest BCUT2D eigenvalue weighted by Crippen LogP contribution is 2.12. The highest BCUT2D eigenvalue weighted by atomic mass is 16.6. The minimum Gasteiger partial charge on any atom is -0.457 e. The second kappa shape index (κ2) is 6.78. The van der Waals surface area contributed by atoms with E-state index in [1.165, 1.54) is 24.3 Å². The predicted octanol–water partition coefficient (Wildman–Crippen LogP) is 2.60. The number of carbonyl (C=O) groups excluding carboxylic acids is 2. The van der Waals surface area contributed by atoms with Crippen LogP contribution >= 0.6 is 0 Å². The lowest BCUT2D eigenvalue weighted by molar-refractivity contribution is -0.384. The quantitative estimate of drug-likeness (QED) is 0.360. The van der Waals surface area contributed by atoms with Gasteiger partial charge in [0.1, 0.15) is 5.60 Å². The Morgan fingerprint density at radius 1 is 1.19 bits per heavy atom. The summed E-state index contributed by atoms with van der Waals surface area (Å²) in [5.41, 5.74) is -0.00188. The molecule has 6 heteroatoms. The Balaban J connectivity index is 2.57. The Kier molecular flexibility index (Phi) is 5.35. The van der Waals surface area contributed by atoms with Crippen LogP contribution in [0.15, 0.2) is 36.4 Å². The van der Waals surface area contributed by atoms with Crippen LogP contribution in [0.25, 0.3) is 0 Å². The van der Waals surface area contributed by atoms with Crippen LogP contribution in [0.2, 0.25) is 0 Å². The average molecular weight is 291 g/mol. The van der Waals surface area contributed by atoms with E-state index in [1.54, 1.807) is 20.8 Å². The van der Waals surface area contributed by atoms with Crippen molar-refractivity contribution in [2.24, 2.45) is 0 Å². The molecule has 0 aliphatic carbocycles. The van der Waals surface area contributed by atoms with Gasteiger partial charge in [-0.15, -0.1) is 0 Å². The van der Waals surface area contributed by atoms with Gasteiger partial charge in [0.15, 0.2) is 5.78 Å². The molecule has 0 spiro atoms. The molecule has 0 amide bonds. The fraction of sp³-hybridized carbons (Fsp3) is 0.333. The smallest absolute Gasteiger partial charge is 0.331 e. The molecule has 0 atom stereocenters. The number of allylic oxidation sites excluding steroid dienone is 1. The topological polar surface area (TPSA) is 86.5 Å². The molecule has 0 N–H and O–H groups in total. The molecule has 1 rings (SSSR count). The molecular weight excluding hydrogens is 274 g/mol. The molecule has 0 radical (unpaired) electrons. The van der Waals surface area contributed by atoms with Crippen LogP contribution in [0.4, 0.5) is 5.69 Å². The first kappa shape index (κ1) is 16.6. The molecule has 21 heavy (non-hydrogen) atoms. The zero-order valence-electron chi connectivity index (χ0n) is 12.2. The van der Waals surface area contributed by atoms with E-state index < -0.39 is 16.5 Å². The van der Waals surface area contributed by atoms with Crippen molar-refractivity contribution in [3.8, 4) is 0 Å². The molecule has 0 saturated carbocycles. The van der Waals surface area contributed by atoms with E-state index in [1.807, 2.05) is 0 Å². The van der Waals surface area contributed by atoms with Crippen molar-refractivity contribution in [1.29, 1.82) is 0 Å². The van der Waals surface area contributed by atoms with Crippen LogP contribution in [0.5, 0.6) is 0 Å². The van der Waals surface area contributed by atoms with Crippen molar-refractivity contribution in [3.63, 3.8) is 0 Å². The fourth-order valence-corrected chi connectivity index (χ4v) is 1.49. The van der Waals surface area contributed by atoms with Crippen molar-refractivity contribution in [2.75, 3.05) is 0 Å². The van der Waals surface area contributed by atoms with Gasteiger partial charge in [0.05, 0.1) is 4.92 Å². The second-order valence-electron chi connectivity index (χ2n) is 5.43. The summed E-state index contributed by atoms with van der Waals surface area (Å²) in [5, 5.41) is 10.5. The van der Waals surface area contributed by atoms with Gasteiger partial charge in [-0.05, 0) is 32.4 Å². The first-order valence-electron chi connectivity index (χ1n) is 6.34. The molecular formula is C15H17NO5. The Bertz CT molecular complexity index is 567. The molecule has 112 valence electrons. The number of non-ortho nitro benzene ring substituents is 1. The number of ether oxygens (including phenoxy) is 1. The molecule has 0 bridgehead atoms. The fourth-order valence-electron chi connectivity index (χ4n) is 1.49. The third-order valence-corrected chi connectivity index (χ3v) is 2.34. The van der Waals surface area contributed by atoms with Gasteiger partial charge in [-0.3, -0.25) is 14.9 Å². The number of carbonyl (C=O) groups is 2. The maximum Gasteiger partial charge on any atom is 0.331 e. The number of esters is 1. The van der Waals surface area contributed by atoms with E-state index in [9.17, 15) is 19.7 Å². The lowest BCUT2D eigenvalue weighted by atomic mass is 10.1. The van der Waals surface area contributed by atoms with E-state index in [-0.39, 0.29) is 17.9 Å². The summed E-state index contributed by atoms with van der Waals surface area (Å²) in [4.78, 5) is 33.1. The SMILES string of the molecule is CC(C)(C)OC(=O)C=CC(=O)Cc1ccc([N+](=O)[O-])cc1. The molecule has 1 aromatic rings. The summed E-state index contributed by atoms with van der Waals surface area (Å²) in [6.45, 7) is 5.20. The maximum atomic E-state index is 11.7. The zero-order valence-corrected chi connectivity index (χ0v) is 12.2. The third-order valence-electron chi connectivity index (χ3n) is 2.34. The molecule has 0 aliphatic rings. The van der Waals surface area contributed by atoms with Crippen LogP contribution in [0, 0.1) is 10.1 Å². The number of ketones is 1. The standard InChI is InChI=1S/C15H17NO5/c1-15(2,3)21-14(18)9-8-13(17)10-11-4-6-12(7-5-11)16(19)20/h4-9H,10H2,1-3H3. The monoisotopic (exact) mass is 291 g/mol. The Labute approximate surface area is 122 Å². The Hall–Kier alpha value is -2.50. The van der Waals surface area contributed by atoms with Gasteiger partial charge in [-0.2, -0.15) is 0 Å². The number of hydrogen-bond donors (Lipinski definition) is 0. The second-order valence-corrected chi connectivity index (χ2v) is 5.43. The zero-order chi connectivity index (χ0) is 16.0. The first-order valence-corrected chi connectivity index (χ1v) is 6.34. The molecule has 0 fully saturated rings. The Morgan fingerprint density at radius 3 is 2.24 bits per heavy atom. The van der Waals surface area contributed by atoms with E-state index in [2.05, 4.69) is 0 Å². The van der Waals surface area contributed by atoms with Crippen molar-refractivity contribution < 1.29 is 19.2 Å². The van der Waals surface area contributed by atoms with Crippen LogP contribution in [0.3, 0.4) is 0 Å². The van der Waals surface area contributed by atoms with Gasteiger partial charge in [-0.1, -0.05) is 12.1 Å². The first-order chi connectivity index (χ1) is 9.67. The van der Waals surface area contributed by atoms with Crippen molar-refractivity contribution in [3.05, 3.63) is 52.1 Å². The van der Waals surface area contributed by atoms with Crippen LogP contribution in [0.1, 0.15) is 26.3 Å². The van der Waals surface area contributed by atoms with Gasteiger partial charge in [-0.25, -0.2) is 4.79 Å². The summed E-state index contributed by atoms with van der Waals surface area (Å²) < 4.78 is 5.03. The highest BCUT2D eigenvalue weighted by molar-refractivity contribution is 5.97. The number of hydrogen-bond acceptors (Lipinski definition) is 5. The molecule has 0 saturated heterocycles. The van der Waals surface area contributed by atoms with Crippen molar-refractivity contribution in [1.82, 2.24) is 0 Å². The van der Waals surface area contributed by atoms with E-state index >= 15 is 0 Å². The largest absolute Gasteiger partial charge is 0.457 e. The van der Waals surface area contributed by atoms with E-state index in [4.69, 9.17) is 4.74 Å². The Morgan fingerprint density at radius 2 is 1.76 bits per heavy atom. The maximum absolute atomic E-state index is 11.7. The number of benzene rings is 1. The van der Waals surface area contributed by atoms with Crippen molar-refractivity contribution in [2.45, 2.75) is 32.8 Å². The molecule has 6 nitrogen and oxygen atoms in total. The number of nitro groups is 1. The van der Waals surface area contributed by atoms with E-state index in [0.717, 1.165) is 12.2 Å². The predicted molar refractivity (Wildman–Crippen MR) is 76.8 cm³/mol. The molecule has 0 aliphatic heterocycles. The number of nitro benzene ring substituents is 1. The average Bonchev–Trinajstić information content (AvgIpc) is 2.35. The number of rotatable bonds is 5. The van der Waals surface area contributed by atoms with Gasteiger partial charge < -0.3 is 4.74 Å². The molecule has 1 aromatic carbocycles. The van der Waals surface area contributed by atoms with E-state index in [0.29, 0.717) is 5.56 Å². The van der Waals surface area contributed by atoms with Crippen LogP contribution in [-0.2, 0) is 20.7 Å². The lowest BCUT2D eigenvalue weighted by Gasteiger charge is -2.17. The summed E-state index contributed by atoms with van der Waals surface area (Å²) in [6.07, 6.45) is 2.30. The summed E-state index contributed by atoms with van der Waals surface area (Å²) >= 11 is 0. The van der Waals surface area contributed by atoms with Gasteiger partial charge in [0.25, 0.3) is 5.69 Å². The summed E-state index contributed by atoms with van der Waals surface area (Å²) in [7, 11) is 0. The summed E-state index contributed by atoms with van der Waals surface area (Å²) in [5.74, 6) is -0.866. The van der Waals surface area contributed by atoms with Crippen LogP contribution in [-0.4, -0.2) is 22.3 Å². The minimum absolute atomic E-state index is 0.0319. The van der Waals surface area contributed by atoms with Crippen molar-refractivity contribution >= 4 is 17.4 Å². The lowest BCUT2D eigenvalue weighted by Crippen LogP contribution is -2.22. The van der Waals surface area contributed by atoms with Crippen LogP contribution < -0.4 is 0 Å². The van der Waals surface area contributed by atoms with Gasteiger partial charge in [0.2, 0.25) is 0 Å². The van der Waals surface area contributed by atoms with Gasteiger partial charge >= 0.3 is 5.97 Å². The minimum atomic E-state index is -0.608. The molecule has 0 unspecified atom stereocenters. The molecule has 0 aromatic heterocycles. The molecule has 0 heterocycles. The normalized spacial score (nSPS) is 11.4. The summed E-state index contributed by atoms with van der Waals surface area (Å²) in [6, 6.07) is 5.69. The number of nitrogens with zero attached hydrogens (tertiary/aromatic N) is 1. The highest BCUT2D eigenvalue weighted by Gasteiger charge is 2.14. The third kappa shape index (κ3) is 6.47.